The van der Waals surface area contributed by atoms with E-state index in [9.17, 15) is 4.79 Å². The normalized spacial score (nSPS) is 12.2. The summed E-state index contributed by atoms with van der Waals surface area (Å²) >= 11 is 3.49. The fourth-order valence-corrected chi connectivity index (χ4v) is 2.28. The van der Waals surface area contributed by atoms with Crippen LogP contribution in [0.1, 0.15) is 6.92 Å². The zero-order chi connectivity index (χ0) is 13.8. The van der Waals surface area contributed by atoms with E-state index in [1.54, 1.807) is 6.92 Å². The molecule has 0 spiro atoms. The Morgan fingerprint density at radius 2 is 1.95 bits per heavy atom. The molecule has 5 heteroatoms. The molecular formula is C14H15BrN2O2. The molecule has 0 radical (unpaired) electrons. The zero-order valence-corrected chi connectivity index (χ0v) is 12.1. The molecule has 2 amide bonds. The van der Waals surface area contributed by atoms with Crippen molar-refractivity contribution in [1.82, 2.24) is 5.32 Å². The van der Waals surface area contributed by atoms with Gasteiger partial charge in [-0.3, -0.25) is 0 Å². The molecule has 2 aromatic rings. The number of carbonyl (C=O) groups is 1. The zero-order valence-electron chi connectivity index (χ0n) is 10.5. The lowest BCUT2D eigenvalue weighted by Crippen LogP contribution is -2.38. The maximum atomic E-state index is 11.8. The van der Waals surface area contributed by atoms with Crippen LogP contribution in [-0.4, -0.2) is 23.8 Å². The Morgan fingerprint density at radius 3 is 2.63 bits per heavy atom. The van der Waals surface area contributed by atoms with Crippen molar-refractivity contribution in [2.75, 3.05) is 11.9 Å². The molecule has 0 fully saturated rings. The summed E-state index contributed by atoms with van der Waals surface area (Å²) in [5, 5.41) is 16.3. The fourth-order valence-electron chi connectivity index (χ4n) is 1.80. The Hall–Kier alpha value is -1.59. The van der Waals surface area contributed by atoms with Crippen molar-refractivity contribution in [3.63, 3.8) is 0 Å². The lowest BCUT2D eigenvalue weighted by molar-refractivity contribution is 0.229. The van der Waals surface area contributed by atoms with Gasteiger partial charge in [-0.15, -0.1) is 0 Å². The maximum Gasteiger partial charge on any atom is 0.319 e. The van der Waals surface area contributed by atoms with Crippen LogP contribution in [0.2, 0.25) is 0 Å². The first-order chi connectivity index (χ1) is 9.11. The molecular weight excluding hydrogens is 308 g/mol. The van der Waals surface area contributed by atoms with Gasteiger partial charge in [0.05, 0.1) is 18.3 Å². The van der Waals surface area contributed by atoms with Gasteiger partial charge in [0, 0.05) is 9.86 Å². The molecule has 0 aromatic heterocycles. The summed E-state index contributed by atoms with van der Waals surface area (Å²) in [6, 6.07) is 10.9. The third kappa shape index (κ3) is 3.24. The number of fused-ring (bicyclic) bond motifs is 1. The molecule has 0 bridgehead atoms. The van der Waals surface area contributed by atoms with Gasteiger partial charge < -0.3 is 15.7 Å². The number of carbonyl (C=O) groups excluding carboxylic acids is 1. The molecule has 1 atom stereocenters. The minimum absolute atomic E-state index is 0.0888. The maximum absolute atomic E-state index is 11.8. The molecule has 19 heavy (non-hydrogen) atoms. The highest BCUT2D eigenvalue weighted by molar-refractivity contribution is 9.10. The van der Waals surface area contributed by atoms with Gasteiger partial charge in [-0.2, -0.15) is 0 Å². The van der Waals surface area contributed by atoms with Crippen molar-refractivity contribution in [3.05, 3.63) is 40.9 Å². The summed E-state index contributed by atoms with van der Waals surface area (Å²) in [7, 11) is 0. The number of aliphatic hydroxyl groups is 1. The average molecular weight is 323 g/mol. The van der Waals surface area contributed by atoms with Gasteiger partial charge in [-0.1, -0.05) is 40.2 Å². The van der Waals surface area contributed by atoms with Crippen LogP contribution in [0.4, 0.5) is 10.5 Å². The predicted octanol–water partition coefficient (Wildman–Crippen LogP) is 3.10. The number of benzene rings is 2. The largest absolute Gasteiger partial charge is 0.394 e. The second-order valence-electron chi connectivity index (χ2n) is 4.32. The smallest absolute Gasteiger partial charge is 0.319 e. The Bertz CT molecular complexity index is 601. The van der Waals surface area contributed by atoms with E-state index >= 15 is 0 Å². The van der Waals surface area contributed by atoms with Gasteiger partial charge in [0.15, 0.2) is 0 Å². The van der Waals surface area contributed by atoms with E-state index < -0.39 is 0 Å². The van der Waals surface area contributed by atoms with E-state index in [0.717, 1.165) is 20.9 Å². The molecule has 0 aliphatic carbocycles. The van der Waals surface area contributed by atoms with E-state index in [4.69, 9.17) is 5.11 Å². The topological polar surface area (TPSA) is 61.4 Å². The van der Waals surface area contributed by atoms with Crippen molar-refractivity contribution in [2.45, 2.75) is 13.0 Å². The number of rotatable bonds is 3. The molecule has 0 saturated heterocycles. The molecule has 0 saturated carbocycles. The third-order valence-electron chi connectivity index (χ3n) is 2.77. The molecule has 1 unspecified atom stereocenters. The Morgan fingerprint density at radius 1 is 1.26 bits per heavy atom. The average Bonchev–Trinajstić information content (AvgIpc) is 2.42. The van der Waals surface area contributed by atoms with Crippen LogP contribution in [0.3, 0.4) is 0 Å². The van der Waals surface area contributed by atoms with Crippen LogP contribution in [0.5, 0.6) is 0 Å². The highest BCUT2D eigenvalue weighted by atomic mass is 79.9. The SMILES string of the molecule is CC(CO)NC(=O)Nc1ccc(Br)c2ccccc12. The van der Waals surface area contributed by atoms with Gasteiger partial charge in [-0.25, -0.2) is 4.79 Å². The number of hydrogen-bond acceptors (Lipinski definition) is 2. The molecule has 100 valence electrons. The Labute approximate surface area is 119 Å². The summed E-state index contributed by atoms with van der Waals surface area (Å²) in [6.45, 7) is 1.65. The fraction of sp³-hybridized carbons (Fsp3) is 0.214. The summed E-state index contributed by atoms with van der Waals surface area (Å²) < 4.78 is 0.984. The third-order valence-corrected chi connectivity index (χ3v) is 3.46. The van der Waals surface area contributed by atoms with Crippen molar-refractivity contribution in [3.8, 4) is 0 Å². The van der Waals surface area contributed by atoms with Crippen LogP contribution in [-0.2, 0) is 0 Å². The van der Waals surface area contributed by atoms with Crippen LogP contribution >= 0.6 is 15.9 Å². The minimum Gasteiger partial charge on any atom is -0.394 e. The highest BCUT2D eigenvalue weighted by Gasteiger charge is 2.09. The number of anilines is 1. The van der Waals surface area contributed by atoms with Crippen LogP contribution in [0.25, 0.3) is 10.8 Å². The standard InChI is InChI=1S/C14H15BrN2O2/c1-9(8-18)16-14(19)17-13-7-6-12(15)10-4-2-3-5-11(10)13/h2-7,9,18H,8H2,1H3,(H2,16,17,19). The Balaban J connectivity index is 2.26. The number of amides is 2. The quantitative estimate of drug-likeness (QED) is 0.813. The Kier molecular flexibility index (Phi) is 4.39. The lowest BCUT2D eigenvalue weighted by atomic mass is 10.1. The summed E-state index contributed by atoms with van der Waals surface area (Å²) in [6.07, 6.45) is 0. The van der Waals surface area contributed by atoms with E-state index in [1.165, 1.54) is 0 Å². The van der Waals surface area contributed by atoms with Crippen molar-refractivity contribution < 1.29 is 9.90 Å². The number of aliphatic hydroxyl groups excluding tert-OH is 1. The van der Waals surface area contributed by atoms with Gasteiger partial charge in [-0.05, 0) is 24.4 Å². The first kappa shape index (κ1) is 13.8. The second-order valence-corrected chi connectivity index (χ2v) is 5.18. The van der Waals surface area contributed by atoms with Crippen LogP contribution in [0, 0.1) is 0 Å². The van der Waals surface area contributed by atoms with E-state index in [2.05, 4.69) is 26.6 Å². The van der Waals surface area contributed by atoms with Gasteiger partial charge in [0.2, 0.25) is 0 Å². The molecule has 2 rings (SSSR count). The lowest BCUT2D eigenvalue weighted by Gasteiger charge is -2.14. The second kappa shape index (κ2) is 6.04. The minimum atomic E-state index is -0.325. The summed E-state index contributed by atoms with van der Waals surface area (Å²) in [4.78, 5) is 11.8. The van der Waals surface area contributed by atoms with Crippen LogP contribution < -0.4 is 10.6 Å². The predicted molar refractivity (Wildman–Crippen MR) is 80.4 cm³/mol. The van der Waals surface area contributed by atoms with Crippen molar-refractivity contribution in [1.29, 1.82) is 0 Å². The first-order valence-corrected chi connectivity index (χ1v) is 6.76. The van der Waals surface area contributed by atoms with Crippen molar-refractivity contribution >= 4 is 38.4 Å². The van der Waals surface area contributed by atoms with Crippen LogP contribution in [0.15, 0.2) is 40.9 Å². The highest BCUT2D eigenvalue weighted by Crippen LogP contribution is 2.29. The molecule has 0 aliphatic heterocycles. The van der Waals surface area contributed by atoms with Gasteiger partial charge in [0.1, 0.15) is 0 Å². The number of hydrogen-bond donors (Lipinski definition) is 3. The summed E-state index contributed by atoms with van der Waals surface area (Å²) in [5.41, 5.74) is 0.737. The van der Waals surface area contributed by atoms with Crippen molar-refractivity contribution in [2.24, 2.45) is 0 Å². The van der Waals surface area contributed by atoms with E-state index in [-0.39, 0.29) is 18.7 Å². The van der Waals surface area contributed by atoms with Gasteiger partial charge in [0.25, 0.3) is 0 Å². The number of urea groups is 1. The van der Waals surface area contributed by atoms with E-state index in [1.807, 2.05) is 36.4 Å². The van der Waals surface area contributed by atoms with Gasteiger partial charge >= 0.3 is 6.03 Å². The molecule has 0 heterocycles. The summed E-state index contributed by atoms with van der Waals surface area (Å²) in [5.74, 6) is 0. The molecule has 3 N–H and O–H groups in total. The molecule has 4 nitrogen and oxygen atoms in total. The first-order valence-electron chi connectivity index (χ1n) is 5.97. The number of nitrogens with one attached hydrogen (secondary N) is 2. The molecule has 2 aromatic carbocycles. The number of halogens is 1. The molecule has 0 aliphatic rings. The van der Waals surface area contributed by atoms with E-state index in [0.29, 0.717) is 0 Å². The monoisotopic (exact) mass is 322 g/mol.